The quantitative estimate of drug-likeness (QED) is 0.872. The van der Waals surface area contributed by atoms with E-state index in [9.17, 15) is 14.0 Å². The lowest BCUT2D eigenvalue weighted by atomic mass is 10.2. The first-order valence-corrected chi connectivity index (χ1v) is 6.40. The third-order valence-electron chi connectivity index (χ3n) is 3.05. The lowest BCUT2D eigenvalue weighted by Gasteiger charge is -2.27. The molecular weight excluding hydrogens is 263 g/mol. The number of rotatable bonds is 5. The summed E-state index contributed by atoms with van der Waals surface area (Å²) in [7, 11) is 0. The predicted octanol–water partition coefficient (Wildman–Crippen LogP) is 2.85. The standard InChI is InChI=1S/C14H19FN2O3/c1-4-10(3)17(8-13(18)19)14(20)16-12-7-9(2)5-6-11(12)15/h5-7,10H,4,8H2,1-3H3,(H,16,20)(H,18,19). The molecule has 5 nitrogen and oxygen atoms in total. The molecule has 0 aliphatic rings. The first-order valence-electron chi connectivity index (χ1n) is 6.40. The van der Waals surface area contributed by atoms with Gasteiger partial charge in [0.1, 0.15) is 12.4 Å². The van der Waals surface area contributed by atoms with Crippen LogP contribution in [0, 0.1) is 12.7 Å². The number of anilines is 1. The molecular formula is C14H19FN2O3. The van der Waals surface area contributed by atoms with E-state index in [-0.39, 0.29) is 11.7 Å². The molecule has 0 saturated heterocycles. The fourth-order valence-corrected chi connectivity index (χ4v) is 1.72. The van der Waals surface area contributed by atoms with Crippen LogP contribution in [0.25, 0.3) is 0 Å². The minimum absolute atomic E-state index is 0.0497. The number of benzene rings is 1. The molecule has 20 heavy (non-hydrogen) atoms. The van der Waals surface area contributed by atoms with Gasteiger partial charge in [0.2, 0.25) is 0 Å². The van der Waals surface area contributed by atoms with Crippen molar-refractivity contribution in [3.63, 3.8) is 0 Å². The van der Waals surface area contributed by atoms with E-state index in [1.165, 1.54) is 17.0 Å². The molecule has 1 aromatic rings. The Kier molecular flexibility index (Phi) is 5.49. The van der Waals surface area contributed by atoms with Gasteiger partial charge in [-0.2, -0.15) is 0 Å². The van der Waals surface area contributed by atoms with Gasteiger partial charge in [-0.3, -0.25) is 4.79 Å². The van der Waals surface area contributed by atoms with E-state index >= 15 is 0 Å². The molecule has 0 fully saturated rings. The van der Waals surface area contributed by atoms with E-state index in [1.54, 1.807) is 19.9 Å². The van der Waals surface area contributed by atoms with E-state index in [2.05, 4.69) is 5.32 Å². The Morgan fingerprint density at radius 3 is 2.65 bits per heavy atom. The highest BCUT2D eigenvalue weighted by Gasteiger charge is 2.22. The molecule has 1 rings (SSSR count). The van der Waals surface area contributed by atoms with E-state index < -0.39 is 24.4 Å². The molecule has 6 heteroatoms. The molecule has 0 saturated carbocycles. The fourth-order valence-electron chi connectivity index (χ4n) is 1.72. The normalized spacial score (nSPS) is 11.8. The van der Waals surface area contributed by atoms with Crippen LogP contribution in [0.2, 0.25) is 0 Å². The number of hydrogen-bond acceptors (Lipinski definition) is 2. The third-order valence-corrected chi connectivity index (χ3v) is 3.05. The van der Waals surface area contributed by atoms with Gasteiger partial charge in [0.05, 0.1) is 5.69 Å². The number of carboxylic acid groups (broad SMARTS) is 1. The number of carbonyl (C=O) groups excluding carboxylic acids is 1. The van der Waals surface area contributed by atoms with Crippen molar-refractivity contribution in [3.05, 3.63) is 29.6 Å². The van der Waals surface area contributed by atoms with Crippen LogP contribution in [0.1, 0.15) is 25.8 Å². The van der Waals surface area contributed by atoms with Gasteiger partial charge in [0.15, 0.2) is 0 Å². The van der Waals surface area contributed by atoms with Crippen LogP contribution in [0.3, 0.4) is 0 Å². The second-order valence-corrected chi connectivity index (χ2v) is 4.69. The molecule has 0 radical (unpaired) electrons. The van der Waals surface area contributed by atoms with Gasteiger partial charge in [0.25, 0.3) is 0 Å². The van der Waals surface area contributed by atoms with Gasteiger partial charge >= 0.3 is 12.0 Å². The van der Waals surface area contributed by atoms with Gasteiger partial charge < -0.3 is 15.3 Å². The molecule has 0 spiro atoms. The third kappa shape index (κ3) is 4.22. The van der Waals surface area contributed by atoms with Crippen molar-refractivity contribution in [2.24, 2.45) is 0 Å². The van der Waals surface area contributed by atoms with Crippen molar-refractivity contribution in [1.29, 1.82) is 0 Å². The summed E-state index contributed by atoms with van der Waals surface area (Å²) < 4.78 is 13.6. The molecule has 1 aromatic carbocycles. The summed E-state index contributed by atoms with van der Waals surface area (Å²) in [5.74, 6) is -1.66. The Labute approximate surface area is 117 Å². The maximum absolute atomic E-state index is 13.6. The number of aliphatic carboxylic acids is 1. The highest BCUT2D eigenvalue weighted by molar-refractivity contribution is 5.91. The zero-order valence-corrected chi connectivity index (χ0v) is 11.8. The highest BCUT2D eigenvalue weighted by Crippen LogP contribution is 2.17. The first kappa shape index (κ1) is 15.9. The maximum atomic E-state index is 13.6. The van der Waals surface area contributed by atoms with Crippen molar-refractivity contribution < 1.29 is 19.1 Å². The van der Waals surface area contributed by atoms with Gasteiger partial charge in [-0.1, -0.05) is 13.0 Å². The molecule has 2 amide bonds. The Morgan fingerprint density at radius 1 is 1.45 bits per heavy atom. The largest absolute Gasteiger partial charge is 0.480 e. The maximum Gasteiger partial charge on any atom is 0.323 e. The molecule has 1 unspecified atom stereocenters. The van der Waals surface area contributed by atoms with E-state index in [0.29, 0.717) is 6.42 Å². The van der Waals surface area contributed by atoms with Crippen molar-refractivity contribution in [3.8, 4) is 0 Å². The number of aryl methyl sites for hydroxylation is 1. The van der Waals surface area contributed by atoms with Crippen molar-refractivity contribution in [2.45, 2.75) is 33.2 Å². The van der Waals surface area contributed by atoms with Crippen molar-refractivity contribution >= 4 is 17.7 Å². The Hall–Kier alpha value is -2.11. The molecule has 110 valence electrons. The number of carboxylic acids is 1. The van der Waals surface area contributed by atoms with Gasteiger partial charge in [0, 0.05) is 6.04 Å². The van der Waals surface area contributed by atoms with Crippen molar-refractivity contribution in [1.82, 2.24) is 4.90 Å². The Balaban J connectivity index is 2.90. The summed E-state index contributed by atoms with van der Waals surface area (Å²) in [5, 5.41) is 11.3. The van der Waals surface area contributed by atoms with E-state index in [4.69, 9.17) is 5.11 Å². The number of hydrogen-bond donors (Lipinski definition) is 2. The minimum Gasteiger partial charge on any atom is -0.480 e. The van der Waals surface area contributed by atoms with Gasteiger partial charge in [-0.25, -0.2) is 9.18 Å². The monoisotopic (exact) mass is 282 g/mol. The number of nitrogens with one attached hydrogen (secondary N) is 1. The summed E-state index contributed by atoms with van der Waals surface area (Å²) in [6.07, 6.45) is 0.608. The molecule has 2 N–H and O–H groups in total. The zero-order valence-electron chi connectivity index (χ0n) is 11.8. The van der Waals surface area contributed by atoms with Crippen LogP contribution in [-0.4, -0.2) is 34.6 Å². The summed E-state index contributed by atoms with van der Waals surface area (Å²) in [6, 6.07) is 3.48. The number of amides is 2. The summed E-state index contributed by atoms with van der Waals surface area (Å²) in [5.41, 5.74) is 0.851. The Bertz CT molecular complexity index is 505. The topological polar surface area (TPSA) is 69.6 Å². The lowest BCUT2D eigenvalue weighted by Crippen LogP contribution is -2.44. The van der Waals surface area contributed by atoms with Crippen molar-refractivity contribution in [2.75, 3.05) is 11.9 Å². The molecule has 0 heterocycles. The highest BCUT2D eigenvalue weighted by atomic mass is 19.1. The van der Waals surface area contributed by atoms with Crippen LogP contribution in [0.5, 0.6) is 0 Å². The van der Waals surface area contributed by atoms with E-state index in [1.807, 2.05) is 6.92 Å². The van der Waals surface area contributed by atoms with Gasteiger partial charge in [-0.05, 0) is 38.0 Å². The molecule has 0 bridgehead atoms. The second kappa shape index (κ2) is 6.88. The smallest absolute Gasteiger partial charge is 0.323 e. The first-order chi connectivity index (χ1) is 9.35. The zero-order chi connectivity index (χ0) is 15.3. The van der Waals surface area contributed by atoms with Crippen LogP contribution < -0.4 is 5.32 Å². The number of urea groups is 1. The van der Waals surface area contributed by atoms with E-state index in [0.717, 1.165) is 5.56 Å². The van der Waals surface area contributed by atoms with Crippen LogP contribution in [-0.2, 0) is 4.79 Å². The summed E-state index contributed by atoms with van der Waals surface area (Å²) >= 11 is 0. The van der Waals surface area contributed by atoms with Crippen LogP contribution >= 0.6 is 0 Å². The number of halogens is 1. The van der Waals surface area contributed by atoms with Crippen LogP contribution in [0.15, 0.2) is 18.2 Å². The molecule has 0 aromatic heterocycles. The predicted molar refractivity (Wildman–Crippen MR) is 74.3 cm³/mol. The number of carbonyl (C=O) groups is 2. The molecule has 1 atom stereocenters. The second-order valence-electron chi connectivity index (χ2n) is 4.69. The number of nitrogens with zero attached hydrogens (tertiary/aromatic N) is 1. The summed E-state index contributed by atoms with van der Waals surface area (Å²) in [4.78, 5) is 24.1. The Morgan fingerprint density at radius 2 is 2.10 bits per heavy atom. The lowest BCUT2D eigenvalue weighted by molar-refractivity contribution is -0.138. The van der Waals surface area contributed by atoms with Gasteiger partial charge in [-0.15, -0.1) is 0 Å². The fraction of sp³-hybridized carbons (Fsp3) is 0.429. The molecule has 0 aliphatic heterocycles. The van der Waals surface area contributed by atoms with Crippen LogP contribution in [0.4, 0.5) is 14.9 Å². The SMILES string of the molecule is CCC(C)N(CC(=O)O)C(=O)Nc1cc(C)ccc1F. The average Bonchev–Trinajstić information content (AvgIpc) is 2.39. The molecule has 0 aliphatic carbocycles. The minimum atomic E-state index is -1.11. The average molecular weight is 282 g/mol. The summed E-state index contributed by atoms with van der Waals surface area (Å²) in [6.45, 7) is 4.95.